The van der Waals surface area contributed by atoms with Crippen LogP contribution < -0.4 is 5.73 Å². The number of phenols is 2. The molecule has 0 aliphatic rings. The summed E-state index contributed by atoms with van der Waals surface area (Å²) in [5.74, 6) is -2.05. The Morgan fingerprint density at radius 1 is 1.50 bits per heavy atom. The summed E-state index contributed by atoms with van der Waals surface area (Å²) in [7, 11) is 0. The minimum atomic E-state index is -0.865. The highest BCUT2D eigenvalue weighted by Crippen LogP contribution is 2.36. The molecule has 0 spiro atoms. The topological polar surface area (TPSA) is 66.5 Å². The van der Waals surface area contributed by atoms with Crippen molar-refractivity contribution >= 4 is 15.9 Å². The van der Waals surface area contributed by atoms with Gasteiger partial charge in [0.05, 0.1) is 4.47 Å². The molecule has 0 radical (unpaired) electrons. The molecule has 0 aromatic heterocycles. The van der Waals surface area contributed by atoms with E-state index in [4.69, 9.17) is 5.73 Å². The highest BCUT2D eigenvalue weighted by molar-refractivity contribution is 9.10. The number of halogens is 2. The molecule has 0 heterocycles. The zero-order valence-electron chi connectivity index (χ0n) is 7.59. The van der Waals surface area contributed by atoms with E-state index in [2.05, 4.69) is 15.9 Å². The van der Waals surface area contributed by atoms with E-state index in [1.54, 1.807) is 6.92 Å². The molecule has 4 N–H and O–H groups in total. The molecule has 1 rings (SSSR count). The van der Waals surface area contributed by atoms with Gasteiger partial charge in [0.15, 0.2) is 17.3 Å². The van der Waals surface area contributed by atoms with Crippen molar-refractivity contribution in [1.82, 2.24) is 0 Å². The molecule has 5 heteroatoms. The predicted octanol–water partition coefficient (Wildman–Crippen LogP) is 1.89. The smallest absolute Gasteiger partial charge is 0.195 e. The molecule has 0 fully saturated rings. The number of hydrogen-bond donors (Lipinski definition) is 3. The van der Waals surface area contributed by atoms with E-state index in [9.17, 15) is 14.6 Å². The lowest BCUT2D eigenvalue weighted by Crippen LogP contribution is -2.17. The maximum absolute atomic E-state index is 13.0. The second-order valence-corrected chi connectivity index (χ2v) is 4.06. The third-order valence-electron chi connectivity index (χ3n) is 1.79. The van der Waals surface area contributed by atoms with Gasteiger partial charge in [-0.3, -0.25) is 0 Å². The fraction of sp³-hybridized carbons (Fsp3) is 0.333. The van der Waals surface area contributed by atoms with E-state index >= 15 is 0 Å². The van der Waals surface area contributed by atoms with E-state index < -0.39 is 17.3 Å². The van der Waals surface area contributed by atoms with Crippen molar-refractivity contribution in [2.75, 3.05) is 0 Å². The van der Waals surface area contributed by atoms with Crippen molar-refractivity contribution < 1.29 is 14.6 Å². The van der Waals surface area contributed by atoms with Crippen LogP contribution in [0.1, 0.15) is 12.5 Å². The Balaban J connectivity index is 3.19. The second kappa shape index (κ2) is 4.14. The normalized spacial score (nSPS) is 12.9. The van der Waals surface area contributed by atoms with Crippen LogP contribution in [0.25, 0.3) is 0 Å². The number of rotatable bonds is 2. The van der Waals surface area contributed by atoms with E-state index in [0.29, 0.717) is 12.0 Å². The van der Waals surface area contributed by atoms with Gasteiger partial charge in [-0.15, -0.1) is 0 Å². The van der Waals surface area contributed by atoms with Gasteiger partial charge in [-0.25, -0.2) is 4.39 Å². The van der Waals surface area contributed by atoms with E-state index in [0.717, 1.165) is 0 Å². The largest absolute Gasteiger partial charge is 0.504 e. The van der Waals surface area contributed by atoms with Crippen molar-refractivity contribution in [2.45, 2.75) is 19.4 Å². The average molecular weight is 264 g/mol. The first kappa shape index (κ1) is 11.3. The summed E-state index contributed by atoms with van der Waals surface area (Å²) in [6.45, 7) is 1.76. The quantitative estimate of drug-likeness (QED) is 0.714. The van der Waals surface area contributed by atoms with Gasteiger partial charge in [0.25, 0.3) is 0 Å². The van der Waals surface area contributed by atoms with E-state index in [1.165, 1.54) is 6.07 Å². The van der Waals surface area contributed by atoms with Crippen LogP contribution in [0.15, 0.2) is 10.5 Å². The first-order valence-electron chi connectivity index (χ1n) is 4.08. The molecular weight excluding hydrogens is 253 g/mol. The molecule has 1 aromatic rings. The Morgan fingerprint density at radius 3 is 2.57 bits per heavy atom. The van der Waals surface area contributed by atoms with Gasteiger partial charge in [-0.2, -0.15) is 0 Å². The van der Waals surface area contributed by atoms with Crippen LogP contribution in [-0.4, -0.2) is 16.3 Å². The molecule has 0 bridgehead atoms. The Kier molecular flexibility index (Phi) is 3.34. The van der Waals surface area contributed by atoms with Gasteiger partial charge in [0, 0.05) is 11.6 Å². The van der Waals surface area contributed by atoms with Gasteiger partial charge in [-0.05, 0) is 35.3 Å². The number of phenolic OH excluding ortho intramolecular Hbond substituents is 2. The van der Waals surface area contributed by atoms with E-state index in [-0.39, 0.29) is 10.5 Å². The minimum absolute atomic E-state index is 0.114. The maximum atomic E-state index is 13.0. The van der Waals surface area contributed by atoms with Crippen molar-refractivity contribution in [2.24, 2.45) is 5.73 Å². The van der Waals surface area contributed by atoms with Crippen LogP contribution in [0, 0.1) is 5.82 Å². The third kappa shape index (κ3) is 2.16. The molecule has 0 saturated heterocycles. The lowest BCUT2D eigenvalue weighted by molar-refractivity contribution is 0.373. The summed E-state index contributed by atoms with van der Waals surface area (Å²) in [6, 6.07) is 1.24. The van der Waals surface area contributed by atoms with Crippen molar-refractivity contribution in [3.8, 4) is 11.5 Å². The molecule has 0 amide bonds. The fourth-order valence-electron chi connectivity index (χ4n) is 1.16. The standard InChI is InChI=1S/C9H11BrFNO2/c1-4(12)2-5-3-6(10)7(11)9(14)8(5)13/h3-4,13-14H,2,12H2,1H3. The van der Waals surface area contributed by atoms with Crippen molar-refractivity contribution in [3.05, 3.63) is 21.9 Å². The van der Waals surface area contributed by atoms with Gasteiger partial charge in [0.1, 0.15) is 0 Å². The van der Waals surface area contributed by atoms with Gasteiger partial charge < -0.3 is 15.9 Å². The number of hydrogen-bond acceptors (Lipinski definition) is 3. The van der Waals surface area contributed by atoms with Crippen LogP contribution in [0.2, 0.25) is 0 Å². The number of aromatic hydroxyl groups is 2. The lowest BCUT2D eigenvalue weighted by Gasteiger charge is -2.10. The second-order valence-electron chi connectivity index (χ2n) is 3.21. The predicted molar refractivity (Wildman–Crippen MR) is 54.8 cm³/mol. The molecule has 78 valence electrons. The molecule has 0 aliphatic carbocycles. The molecule has 1 unspecified atom stereocenters. The number of nitrogens with two attached hydrogens (primary N) is 1. The molecule has 1 atom stereocenters. The molecule has 0 saturated carbocycles. The summed E-state index contributed by atoms with van der Waals surface area (Å²) in [5, 5.41) is 18.6. The fourth-order valence-corrected chi connectivity index (χ4v) is 1.62. The maximum Gasteiger partial charge on any atom is 0.195 e. The van der Waals surface area contributed by atoms with Gasteiger partial charge in [0.2, 0.25) is 0 Å². The SMILES string of the molecule is CC(N)Cc1cc(Br)c(F)c(O)c1O. The Bertz CT molecular complexity index is 355. The zero-order valence-corrected chi connectivity index (χ0v) is 9.18. The van der Waals surface area contributed by atoms with Crippen LogP contribution in [0.3, 0.4) is 0 Å². The third-order valence-corrected chi connectivity index (χ3v) is 2.37. The molecule has 14 heavy (non-hydrogen) atoms. The molecule has 0 aliphatic heterocycles. The van der Waals surface area contributed by atoms with Crippen LogP contribution >= 0.6 is 15.9 Å². The number of benzene rings is 1. The zero-order chi connectivity index (χ0) is 10.9. The van der Waals surface area contributed by atoms with Gasteiger partial charge >= 0.3 is 0 Å². The summed E-state index contributed by atoms with van der Waals surface area (Å²) < 4.78 is 13.1. The van der Waals surface area contributed by atoms with Crippen LogP contribution in [0.5, 0.6) is 11.5 Å². The van der Waals surface area contributed by atoms with Crippen LogP contribution in [0.4, 0.5) is 4.39 Å². The first-order valence-corrected chi connectivity index (χ1v) is 4.87. The van der Waals surface area contributed by atoms with Gasteiger partial charge in [-0.1, -0.05) is 0 Å². The Hall–Kier alpha value is -0.810. The van der Waals surface area contributed by atoms with Crippen molar-refractivity contribution in [1.29, 1.82) is 0 Å². The Labute approximate surface area is 89.5 Å². The molecular formula is C9H11BrFNO2. The summed E-state index contributed by atoms with van der Waals surface area (Å²) in [5.41, 5.74) is 5.95. The van der Waals surface area contributed by atoms with Crippen LogP contribution in [-0.2, 0) is 6.42 Å². The first-order chi connectivity index (χ1) is 6.43. The summed E-state index contributed by atoms with van der Waals surface area (Å²) >= 11 is 2.93. The van der Waals surface area contributed by atoms with Crippen molar-refractivity contribution in [3.63, 3.8) is 0 Å². The highest BCUT2D eigenvalue weighted by atomic mass is 79.9. The minimum Gasteiger partial charge on any atom is -0.504 e. The molecule has 1 aromatic carbocycles. The molecule has 3 nitrogen and oxygen atoms in total. The average Bonchev–Trinajstić information content (AvgIpc) is 2.10. The summed E-state index contributed by atoms with van der Waals surface area (Å²) in [4.78, 5) is 0. The lowest BCUT2D eigenvalue weighted by atomic mass is 10.1. The Morgan fingerprint density at radius 2 is 2.07 bits per heavy atom. The van der Waals surface area contributed by atoms with E-state index in [1.807, 2.05) is 0 Å². The summed E-state index contributed by atoms with van der Waals surface area (Å²) in [6.07, 6.45) is 0.373. The highest BCUT2D eigenvalue weighted by Gasteiger charge is 2.16. The monoisotopic (exact) mass is 263 g/mol.